The molecular weight excluding hydrogens is 240 g/mol. The molecule has 19 heavy (non-hydrogen) atoms. The Morgan fingerprint density at radius 2 is 2.16 bits per heavy atom. The molecule has 0 saturated heterocycles. The first-order chi connectivity index (χ1) is 8.98. The van der Waals surface area contributed by atoms with E-state index in [4.69, 9.17) is 4.74 Å². The molecule has 0 radical (unpaired) electrons. The number of para-hydroxylation sites is 1. The van der Waals surface area contributed by atoms with E-state index in [1.807, 2.05) is 25.2 Å². The van der Waals surface area contributed by atoms with E-state index in [9.17, 15) is 5.11 Å². The third-order valence-corrected chi connectivity index (χ3v) is 3.56. The molecule has 2 heterocycles. The molecule has 1 aromatic carbocycles. The highest BCUT2D eigenvalue weighted by Gasteiger charge is 2.33. The second kappa shape index (κ2) is 4.10. The van der Waals surface area contributed by atoms with Crippen molar-refractivity contribution in [3.05, 3.63) is 47.3 Å². The first kappa shape index (κ1) is 12.2. The summed E-state index contributed by atoms with van der Waals surface area (Å²) in [5.74, 6) is 0.821. The van der Waals surface area contributed by atoms with Crippen molar-refractivity contribution in [1.82, 2.24) is 9.78 Å². The van der Waals surface area contributed by atoms with Gasteiger partial charge in [0.25, 0.3) is 0 Å². The molecule has 1 N–H and O–H groups in total. The number of rotatable bonds is 2. The first-order valence-electron chi connectivity index (χ1n) is 6.45. The molecular formula is C15H18N2O2. The smallest absolute Gasteiger partial charge is 0.129 e. The van der Waals surface area contributed by atoms with Crippen LogP contribution in [0.1, 0.15) is 36.8 Å². The van der Waals surface area contributed by atoms with Gasteiger partial charge in [0.1, 0.15) is 17.5 Å². The Kier molecular flexibility index (Phi) is 2.64. The molecule has 1 aromatic heterocycles. The summed E-state index contributed by atoms with van der Waals surface area (Å²) in [6.07, 6.45) is 1.84. The van der Waals surface area contributed by atoms with Crippen LogP contribution in [-0.2, 0) is 13.5 Å². The Bertz CT molecular complexity index is 616. The Morgan fingerprint density at radius 1 is 1.37 bits per heavy atom. The van der Waals surface area contributed by atoms with Crippen molar-refractivity contribution >= 4 is 0 Å². The van der Waals surface area contributed by atoms with Gasteiger partial charge in [-0.15, -0.1) is 0 Å². The third kappa shape index (κ3) is 2.02. The van der Waals surface area contributed by atoms with Crippen molar-refractivity contribution in [3.8, 4) is 5.75 Å². The van der Waals surface area contributed by atoms with E-state index in [0.29, 0.717) is 0 Å². The molecule has 1 aliphatic rings. The molecule has 0 fully saturated rings. The molecule has 100 valence electrons. The largest absolute Gasteiger partial charge is 0.487 e. The number of aliphatic hydroxyl groups excluding tert-OH is 1. The highest BCUT2D eigenvalue weighted by atomic mass is 16.5. The minimum absolute atomic E-state index is 0.204. The van der Waals surface area contributed by atoms with Gasteiger partial charge in [0, 0.05) is 25.2 Å². The lowest BCUT2D eigenvalue weighted by Gasteiger charge is -2.20. The highest BCUT2D eigenvalue weighted by Crippen LogP contribution is 2.41. The van der Waals surface area contributed by atoms with Gasteiger partial charge < -0.3 is 9.84 Å². The van der Waals surface area contributed by atoms with Gasteiger partial charge in [-0.2, -0.15) is 5.10 Å². The van der Waals surface area contributed by atoms with Gasteiger partial charge in [-0.25, -0.2) is 0 Å². The summed E-state index contributed by atoms with van der Waals surface area (Å²) in [5, 5.41) is 14.7. The summed E-state index contributed by atoms with van der Waals surface area (Å²) in [7, 11) is 1.83. The average molecular weight is 258 g/mol. The fraction of sp³-hybridized carbons (Fsp3) is 0.400. The van der Waals surface area contributed by atoms with Gasteiger partial charge in [0.15, 0.2) is 0 Å². The molecule has 0 aliphatic carbocycles. The zero-order valence-corrected chi connectivity index (χ0v) is 11.4. The summed E-state index contributed by atoms with van der Waals surface area (Å²) in [6, 6.07) is 7.77. The summed E-state index contributed by atoms with van der Waals surface area (Å²) < 4.78 is 7.68. The minimum atomic E-state index is -0.712. The summed E-state index contributed by atoms with van der Waals surface area (Å²) in [5.41, 5.74) is 2.53. The van der Waals surface area contributed by atoms with Gasteiger partial charge in [0.2, 0.25) is 0 Å². The topological polar surface area (TPSA) is 47.3 Å². The van der Waals surface area contributed by atoms with Crippen LogP contribution >= 0.6 is 0 Å². The lowest BCUT2D eigenvalue weighted by atomic mass is 9.98. The number of ether oxygens (including phenoxy) is 1. The van der Waals surface area contributed by atoms with E-state index in [-0.39, 0.29) is 5.60 Å². The molecule has 2 aromatic rings. The first-order valence-corrected chi connectivity index (χ1v) is 6.45. The predicted octanol–water partition coefficient (Wildman–Crippen LogP) is 2.22. The molecule has 0 bridgehead atoms. The number of fused-ring (bicyclic) bond motifs is 1. The van der Waals surface area contributed by atoms with Crippen LogP contribution in [-0.4, -0.2) is 20.5 Å². The molecule has 1 unspecified atom stereocenters. The maximum absolute atomic E-state index is 10.6. The standard InChI is InChI=1S/C15H18N2O2/c1-15(2)9-10-5-4-6-11(14(10)19-15)13(18)12-7-8-16-17(12)3/h4-8,13,18H,9H2,1-3H3. The second-order valence-corrected chi connectivity index (χ2v) is 5.66. The third-order valence-electron chi connectivity index (χ3n) is 3.56. The number of nitrogens with zero attached hydrogens (tertiary/aromatic N) is 2. The Morgan fingerprint density at radius 3 is 2.84 bits per heavy atom. The number of aryl methyl sites for hydroxylation is 1. The Balaban J connectivity index is 2.04. The number of hydrogen-bond acceptors (Lipinski definition) is 3. The van der Waals surface area contributed by atoms with Crippen molar-refractivity contribution in [2.45, 2.75) is 32.0 Å². The molecule has 1 aliphatic heterocycles. The number of aromatic nitrogens is 2. The van der Waals surface area contributed by atoms with Gasteiger partial charge in [0.05, 0.1) is 5.69 Å². The van der Waals surface area contributed by atoms with Crippen LogP contribution in [0.5, 0.6) is 5.75 Å². The lowest BCUT2D eigenvalue weighted by molar-refractivity contribution is 0.130. The van der Waals surface area contributed by atoms with E-state index in [0.717, 1.165) is 29.0 Å². The number of aliphatic hydroxyl groups is 1. The second-order valence-electron chi connectivity index (χ2n) is 5.66. The van der Waals surface area contributed by atoms with E-state index < -0.39 is 6.10 Å². The minimum Gasteiger partial charge on any atom is -0.487 e. The van der Waals surface area contributed by atoms with Gasteiger partial charge >= 0.3 is 0 Å². The molecule has 4 heteroatoms. The molecule has 4 nitrogen and oxygen atoms in total. The maximum atomic E-state index is 10.6. The average Bonchev–Trinajstić information content (AvgIpc) is 2.88. The van der Waals surface area contributed by atoms with Crippen LogP contribution in [0, 0.1) is 0 Å². The van der Waals surface area contributed by atoms with Crippen LogP contribution in [0.25, 0.3) is 0 Å². The number of hydrogen-bond donors (Lipinski definition) is 1. The van der Waals surface area contributed by atoms with Crippen molar-refractivity contribution in [1.29, 1.82) is 0 Å². The van der Waals surface area contributed by atoms with Crippen LogP contribution in [0.3, 0.4) is 0 Å². The zero-order valence-electron chi connectivity index (χ0n) is 11.4. The summed E-state index contributed by atoms with van der Waals surface area (Å²) >= 11 is 0. The van der Waals surface area contributed by atoms with Gasteiger partial charge in [-0.3, -0.25) is 4.68 Å². The van der Waals surface area contributed by atoms with Crippen LogP contribution in [0.15, 0.2) is 30.5 Å². The van der Waals surface area contributed by atoms with E-state index in [2.05, 4.69) is 25.0 Å². The van der Waals surface area contributed by atoms with Crippen LogP contribution < -0.4 is 4.74 Å². The fourth-order valence-corrected chi connectivity index (χ4v) is 2.67. The zero-order chi connectivity index (χ0) is 13.6. The number of benzene rings is 1. The molecule has 0 amide bonds. The fourth-order valence-electron chi connectivity index (χ4n) is 2.67. The van der Waals surface area contributed by atoms with Crippen molar-refractivity contribution in [3.63, 3.8) is 0 Å². The monoisotopic (exact) mass is 258 g/mol. The van der Waals surface area contributed by atoms with Gasteiger partial charge in [-0.1, -0.05) is 18.2 Å². The quantitative estimate of drug-likeness (QED) is 0.898. The van der Waals surface area contributed by atoms with E-state index in [1.54, 1.807) is 10.9 Å². The molecule has 0 spiro atoms. The van der Waals surface area contributed by atoms with Crippen molar-refractivity contribution in [2.24, 2.45) is 7.05 Å². The molecule has 3 rings (SSSR count). The molecule has 1 atom stereocenters. The highest BCUT2D eigenvalue weighted by molar-refractivity contribution is 5.48. The van der Waals surface area contributed by atoms with Gasteiger partial charge in [-0.05, 0) is 25.5 Å². The van der Waals surface area contributed by atoms with Crippen molar-refractivity contribution < 1.29 is 9.84 Å². The predicted molar refractivity (Wildman–Crippen MR) is 72.1 cm³/mol. The summed E-state index contributed by atoms with van der Waals surface area (Å²) in [4.78, 5) is 0. The normalized spacial score (nSPS) is 17.9. The Labute approximate surface area is 112 Å². The SMILES string of the molecule is Cn1nccc1C(O)c1cccc2c1OC(C)(C)C2. The molecule has 0 saturated carbocycles. The van der Waals surface area contributed by atoms with E-state index in [1.165, 1.54) is 0 Å². The van der Waals surface area contributed by atoms with E-state index >= 15 is 0 Å². The van der Waals surface area contributed by atoms with Crippen molar-refractivity contribution in [2.75, 3.05) is 0 Å². The lowest BCUT2D eigenvalue weighted by Crippen LogP contribution is -2.25. The van der Waals surface area contributed by atoms with Crippen LogP contribution in [0.2, 0.25) is 0 Å². The Hall–Kier alpha value is -1.81. The summed E-state index contributed by atoms with van der Waals surface area (Å²) in [6.45, 7) is 4.13. The maximum Gasteiger partial charge on any atom is 0.129 e. The van der Waals surface area contributed by atoms with Crippen LogP contribution in [0.4, 0.5) is 0 Å².